The van der Waals surface area contributed by atoms with Gasteiger partial charge in [-0.25, -0.2) is 9.18 Å². The van der Waals surface area contributed by atoms with Crippen molar-refractivity contribution in [1.82, 2.24) is 4.72 Å². The van der Waals surface area contributed by atoms with Crippen LogP contribution in [0.4, 0.5) is 14.9 Å². The van der Waals surface area contributed by atoms with Gasteiger partial charge in [0, 0.05) is 15.6 Å². The number of hydrogen-bond donors (Lipinski definition) is 3. The monoisotopic (exact) mass is 438 g/mol. The molecule has 2 amide bonds. The van der Waals surface area contributed by atoms with Crippen LogP contribution in [0.15, 0.2) is 35.2 Å². The Kier molecular flexibility index (Phi) is 7.60. The van der Waals surface area contributed by atoms with E-state index in [1.54, 1.807) is 32.0 Å². The molecule has 0 saturated heterocycles. The summed E-state index contributed by atoms with van der Waals surface area (Å²) in [4.78, 5) is 13.3. The molecule has 0 fully saturated rings. The summed E-state index contributed by atoms with van der Waals surface area (Å²) in [6, 6.07) is 7.67. The molecule has 2 aromatic rings. The summed E-state index contributed by atoms with van der Waals surface area (Å²) >= 11 is 7.23. The van der Waals surface area contributed by atoms with Crippen LogP contribution in [-0.4, -0.2) is 11.1 Å². The molecule has 2 rings (SSSR count). The number of amides is 2. The first-order valence-corrected chi connectivity index (χ1v) is 10.7. The highest BCUT2D eigenvalue weighted by Crippen LogP contribution is 2.34. The Labute approximate surface area is 181 Å². The largest absolute Gasteiger partial charge is 0.386 e. The van der Waals surface area contributed by atoms with Crippen LogP contribution >= 0.6 is 23.5 Å². The van der Waals surface area contributed by atoms with Gasteiger partial charge in [0.05, 0.1) is 5.60 Å². The molecule has 0 bridgehead atoms. The maximum Gasteiger partial charge on any atom is 0.329 e. The molecule has 0 atom stereocenters. The zero-order valence-corrected chi connectivity index (χ0v) is 19.1. The number of hydrogen-bond acceptors (Lipinski definition) is 3. The minimum atomic E-state index is -1.05. The predicted molar refractivity (Wildman–Crippen MR) is 119 cm³/mol. The number of benzene rings is 2. The third-order valence-corrected chi connectivity index (χ3v) is 5.46. The Balaban J connectivity index is 2.21. The molecule has 0 heterocycles. The number of carbonyl (C=O) groups is 1. The number of aliphatic hydroxyl groups is 1. The molecular formula is C22H28ClFN2O2S. The van der Waals surface area contributed by atoms with Gasteiger partial charge in [-0.2, -0.15) is 0 Å². The Morgan fingerprint density at radius 3 is 2.10 bits per heavy atom. The molecule has 0 aliphatic carbocycles. The highest BCUT2D eigenvalue weighted by Gasteiger charge is 2.19. The standard InChI is InChI=1S/C22H28ClFN2O2S/c1-12(2)18-10-16(24)11-19(13(3)4)20(18)25-21(27)26-29-17-8-14(22(5,6)28)7-15(23)9-17/h7-13,28H,1-6H3,(H2,25,26,27). The molecule has 0 aliphatic rings. The van der Waals surface area contributed by atoms with Gasteiger partial charge in [0.2, 0.25) is 0 Å². The van der Waals surface area contributed by atoms with Crippen LogP contribution < -0.4 is 10.0 Å². The van der Waals surface area contributed by atoms with Crippen molar-refractivity contribution < 1.29 is 14.3 Å². The summed E-state index contributed by atoms with van der Waals surface area (Å²) in [5, 5.41) is 13.5. The van der Waals surface area contributed by atoms with Crippen molar-refractivity contribution in [2.45, 2.75) is 63.9 Å². The molecule has 0 unspecified atom stereocenters. The minimum Gasteiger partial charge on any atom is -0.386 e. The molecule has 158 valence electrons. The minimum absolute atomic E-state index is 0.0495. The van der Waals surface area contributed by atoms with Gasteiger partial charge in [0.25, 0.3) is 0 Å². The lowest BCUT2D eigenvalue weighted by Crippen LogP contribution is -2.25. The summed E-state index contributed by atoms with van der Waals surface area (Å²) in [5.74, 6) is -0.210. The molecule has 29 heavy (non-hydrogen) atoms. The van der Waals surface area contributed by atoms with E-state index in [1.165, 1.54) is 12.1 Å². The molecule has 0 aliphatic heterocycles. The number of halogens is 2. The SMILES string of the molecule is CC(C)c1cc(F)cc(C(C)C)c1NC(=O)NSc1cc(Cl)cc(C(C)(C)O)c1. The third-order valence-electron chi connectivity index (χ3n) is 4.49. The van der Waals surface area contributed by atoms with E-state index in [1.807, 2.05) is 27.7 Å². The number of urea groups is 1. The Morgan fingerprint density at radius 2 is 1.62 bits per heavy atom. The van der Waals surface area contributed by atoms with E-state index in [0.29, 0.717) is 21.2 Å². The zero-order chi connectivity index (χ0) is 21.9. The van der Waals surface area contributed by atoms with E-state index in [-0.39, 0.29) is 17.7 Å². The van der Waals surface area contributed by atoms with E-state index in [9.17, 15) is 14.3 Å². The van der Waals surface area contributed by atoms with Crippen LogP contribution in [-0.2, 0) is 5.60 Å². The fourth-order valence-corrected chi connectivity index (χ4v) is 3.86. The van der Waals surface area contributed by atoms with E-state index in [0.717, 1.165) is 23.1 Å². The third kappa shape index (κ3) is 6.36. The van der Waals surface area contributed by atoms with Crippen molar-refractivity contribution >= 4 is 35.3 Å². The predicted octanol–water partition coefficient (Wildman–Crippen LogP) is 6.78. The average molecular weight is 439 g/mol. The fraction of sp³-hybridized carbons (Fsp3) is 0.409. The maximum absolute atomic E-state index is 14.0. The van der Waals surface area contributed by atoms with Crippen LogP contribution in [0.5, 0.6) is 0 Å². The van der Waals surface area contributed by atoms with Crippen LogP contribution in [0.25, 0.3) is 0 Å². The van der Waals surface area contributed by atoms with Crippen LogP contribution in [0.1, 0.15) is 70.1 Å². The van der Waals surface area contributed by atoms with Crippen molar-refractivity contribution in [1.29, 1.82) is 0 Å². The highest BCUT2D eigenvalue weighted by atomic mass is 35.5. The Bertz CT molecular complexity index is 866. The first kappa shape index (κ1) is 23.5. The van der Waals surface area contributed by atoms with Crippen molar-refractivity contribution in [3.63, 3.8) is 0 Å². The topological polar surface area (TPSA) is 61.4 Å². The van der Waals surface area contributed by atoms with Gasteiger partial charge in [0.15, 0.2) is 0 Å². The number of nitrogens with one attached hydrogen (secondary N) is 2. The van der Waals surface area contributed by atoms with Gasteiger partial charge in [-0.1, -0.05) is 39.3 Å². The molecule has 0 saturated carbocycles. The van der Waals surface area contributed by atoms with Crippen molar-refractivity contribution in [2.24, 2.45) is 0 Å². The highest BCUT2D eigenvalue weighted by molar-refractivity contribution is 7.98. The molecule has 7 heteroatoms. The summed E-state index contributed by atoms with van der Waals surface area (Å²) in [7, 11) is 0. The molecule has 3 N–H and O–H groups in total. The second-order valence-corrected chi connectivity index (χ2v) is 9.48. The maximum atomic E-state index is 14.0. The molecule has 0 aromatic heterocycles. The first-order chi connectivity index (χ1) is 13.4. The second-order valence-electron chi connectivity index (χ2n) is 8.16. The van der Waals surface area contributed by atoms with E-state index in [4.69, 9.17) is 11.6 Å². The number of anilines is 1. The van der Waals surface area contributed by atoms with Gasteiger partial charge in [-0.15, -0.1) is 0 Å². The second kappa shape index (κ2) is 9.37. The van der Waals surface area contributed by atoms with Crippen LogP contribution in [0.3, 0.4) is 0 Å². The summed E-state index contributed by atoms with van der Waals surface area (Å²) in [6.07, 6.45) is 0. The average Bonchev–Trinajstić information content (AvgIpc) is 2.59. The number of carbonyl (C=O) groups excluding carboxylic acids is 1. The van der Waals surface area contributed by atoms with Crippen LogP contribution in [0.2, 0.25) is 5.02 Å². The van der Waals surface area contributed by atoms with Gasteiger partial charge in [0.1, 0.15) is 5.82 Å². The van der Waals surface area contributed by atoms with E-state index in [2.05, 4.69) is 10.0 Å². The van der Waals surface area contributed by atoms with Crippen molar-refractivity contribution in [2.75, 3.05) is 5.32 Å². The normalized spacial score (nSPS) is 11.8. The molecule has 2 aromatic carbocycles. The van der Waals surface area contributed by atoms with Gasteiger partial charge >= 0.3 is 6.03 Å². The van der Waals surface area contributed by atoms with E-state index < -0.39 is 11.6 Å². The Morgan fingerprint density at radius 1 is 1.07 bits per heavy atom. The molecule has 0 spiro atoms. The molecule has 0 radical (unpaired) electrons. The lowest BCUT2D eigenvalue weighted by Gasteiger charge is -2.21. The first-order valence-electron chi connectivity index (χ1n) is 9.49. The van der Waals surface area contributed by atoms with Crippen molar-refractivity contribution in [3.05, 3.63) is 57.9 Å². The van der Waals surface area contributed by atoms with Gasteiger partial charge in [-0.3, -0.25) is 4.72 Å². The number of rotatable bonds is 6. The lowest BCUT2D eigenvalue weighted by molar-refractivity contribution is 0.0784. The fourth-order valence-electron chi connectivity index (χ4n) is 2.92. The molecule has 4 nitrogen and oxygen atoms in total. The summed E-state index contributed by atoms with van der Waals surface area (Å²) in [5.41, 5.74) is 1.74. The zero-order valence-electron chi connectivity index (χ0n) is 17.6. The van der Waals surface area contributed by atoms with E-state index >= 15 is 0 Å². The van der Waals surface area contributed by atoms with Gasteiger partial charge in [-0.05, 0) is 84.7 Å². The van der Waals surface area contributed by atoms with Gasteiger partial charge < -0.3 is 10.4 Å². The summed E-state index contributed by atoms with van der Waals surface area (Å²) in [6.45, 7) is 11.2. The Hall–Kier alpha value is -1.76. The van der Waals surface area contributed by atoms with Crippen LogP contribution in [0, 0.1) is 5.82 Å². The smallest absolute Gasteiger partial charge is 0.329 e. The van der Waals surface area contributed by atoms with Crippen molar-refractivity contribution in [3.8, 4) is 0 Å². The molecular weight excluding hydrogens is 411 g/mol. The summed E-state index contributed by atoms with van der Waals surface area (Å²) < 4.78 is 16.8. The quantitative estimate of drug-likeness (QED) is 0.435. The lowest BCUT2D eigenvalue weighted by atomic mass is 9.92.